The van der Waals surface area contributed by atoms with Gasteiger partial charge in [-0.2, -0.15) is 5.10 Å². The third kappa shape index (κ3) is 2.90. The zero-order valence-corrected chi connectivity index (χ0v) is 13.3. The zero-order valence-electron chi connectivity index (χ0n) is 12.5. The number of nitrogens with one attached hydrogen (secondary N) is 1. The quantitative estimate of drug-likeness (QED) is 0.789. The van der Waals surface area contributed by atoms with Gasteiger partial charge in [0.15, 0.2) is 0 Å². The summed E-state index contributed by atoms with van der Waals surface area (Å²) < 4.78 is 1.94. The molecule has 1 saturated carbocycles. The van der Waals surface area contributed by atoms with Crippen LogP contribution in [0.2, 0.25) is 0 Å². The smallest absolute Gasteiger partial charge is 0.275 e. The third-order valence-corrected chi connectivity index (χ3v) is 4.96. The van der Waals surface area contributed by atoms with E-state index in [9.17, 15) is 4.79 Å². The highest BCUT2D eigenvalue weighted by Gasteiger charge is 2.20. The lowest BCUT2D eigenvalue weighted by Gasteiger charge is -2.25. The van der Waals surface area contributed by atoms with E-state index < -0.39 is 0 Å². The molecule has 4 rings (SSSR count). The number of carbonyl (C=O) groups excluding carboxylic acids is 1. The molecule has 1 aliphatic rings. The summed E-state index contributed by atoms with van der Waals surface area (Å²) in [6.45, 7) is 0. The lowest BCUT2D eigenvalue weighted by Crippen LogP contribution is -2.17. The molecule has 0 bridgehead atoms. The molecule has 1 amide bonds. The molecule has 0 atom stereocenters. The minimum absolute atomic E-state index is 0.198. The number of rotatable bonds is 4. The number of aromatic nitrogens is 3. The van der Waals surface area contributed by atoms with Gasteiger partial charge in [0.25, 0.3) is 5.91 Å². The molecule has 0 aliphatic heterocycles. The molecule has 116 valence electrons. The molecule has 2 aromatic heterocycles. The van der Waals surface area contributed by atoms with Gasteiger partial charge in [-0.1, -0.05) is 30.3 Å². The van der Waals surface area contributed by atoms with E-state index in [4.69, 9.17) is 0 Å². The molecule has 6 heteroatoms. The Kier molecular flexibility index (Phi) is 3.67. The molecule has 1 aliphatic carbocycles. The van der Waals surface area contributed by atoms with E-state index in [1.54, 1.807) is 11.6 Å². The average molecular weight is 324 g/mol. The molecule has 1 N–H and O–H groups in total. The van der Waals surface area contributed by atoms with Crippen molar-refractivity contribution < 1.29 is 4.79 Å². The van der Waals surface area contributed by atoms with Crippen molar-refractivity contribution in [1.29, 1.82) is 0 Å². The van der Waals surface area contributed by atoms with Crippen LogP contribution in [0.25, 0.3) is 10.6 Å². The van der Waals surface area contributed by atoms with Gasteiger partial charge in [0, 0.05) is 17.1 Å². The number of carbonyl (C=O) groups is 1. The third-order valence-electron chi connectivity index (χ3n) is 4.07. The number of hydrogen-bond donors (Lipinski definition) is 1. The fraction of sp³-hybridized carbons (Fsp3) is 0.235. The number of benzene rings is 1. The van der Waals surface area contributed by atoms with Gasteiger partial charge in [0.05, 0.1) is 17.9 Å². The Labute approximate surface area is 138 Å². The number of nitrogens with zero attached hydrogens (tertiary/aromatic N) is 3. The maximum atomic E-state index is 12.3. The first kappa shape index (κ1) is 14.1. The zero-order chi connectivity index (χ0) is 15.6. The Hall–Kier alpha value is -2.47. The molecule has 5 nitrogen and oxygen atoms in total. The van der Waals surface area contributed by atoms with E-state index in [2.05, 4.69) is 15.4 Å². The second-order valence-electron chi connectivity index (χ2n) is 5.65. The van der Waals surface area contributed by atoms with E-state index in [1.165, 1.54) is 30.6 Å². The minimum Gasteiger partial charge on any atom is -0.318 e. The van der Waals surface area contributed by atoms with E-state index >= 15 is 0 Å². The monoisotopic (exact) mass is 324 g/mol. The second-order valence-corrected chi connectivity index (χ2v) is 6.51. The van der Waals surface area contributed by atoms with Crippen molar-refractivity contribution in [3.63, 3.8) is 0 Å². The summed E-state index contributed by atoms with van der Waals surface area (Å²) in [7, 11) is 0. The lowest BCUT2D eigenvalue weighted by molar-refractivity contribution is 0.102. The Bertz CT molecular complexity index is 820. The van der Waals surface area contributed by atoms with E-state index in [0.717, 1.165) is 16.3 Å². The van der Waals surface area contributed by atoms with Gasteiger partial charge in [-0.25, -0.2) is 4.98 Å². The number of thiazole rings is 1. The average Bonchev–Trinajstić information content (AvgIpc) is 3.16. The maximum Gasteiger partial charge on any atom is 0.275 e. The van der Waals surface area contributed by atoms with Gasteiger partial charge in [-0.15, -0.1) is 11.3 Å². The molecule has 3 aromatic rings. The summed E-state index contributed by atoms with van der Waals surface area (Å²) in [5.74, 6) is -0.198. The first-order valence-electron chi connectivity index (χ1n) is 7.66. The van der Waals surface area contributed by atoms with Crippen LogP contribution in [0, 0.1) is 0 Å². The van der Waals surface area contributed by atoms with Crippen LogP contribution < -0.4 is 5.32 Å². The van der Waals surface area contributed by atoms with E-state index in [0.29, 0.717) is 11.7 Å². The van der Waals surface area contributed by atoms with E-state index in [1.807, 2.05) is 41.2 Å². The summed E-state index contributed by atoms with van der Waals surface area (Å²) >= 11 is 1.47. The predicted octanol–water partition coefficient (Wildman–Crippen LogP) is 3.98. The summed E-state index contributed by atoms with van der Waals surface area (Å²) in [5.41, 5.74) is 2.18. The Balaban J connectivity index is 1.47. The fourth-order valence-corrected chi connectivity index (χ4v) is 3.35. The van der Waals surface area contributed by atoms with Gasteiger partial charge in [-0.3, -0.25) is 9.48 Å². The highest BCUT2D eigenvalue weighted by atomic mass is 32.1. The maximum absolute atomic E-state index is 12.3. The van der Waals surface area contributed by atoms with Gasteiger partial charge in [0.1, 0.15) is 10.7 Å². The van der Waals surface area contributed by atoms with Crippen LogP contribution >= 0.6 is 11.3 Å². The topological polar surface area (TPSA) is 59.8 Å². The van der Waals surface area contributed by atoms with Gasteiger partial charge in [-0.05, 0) is 19.3 Å². The molecular weight excluding hydrogens is 308 g/mol. The van der Waals surface area contributed by atoms with Gasteiger partial charge in [0.2, 0.25) is 0 Å². The summed E-state index contributed by atoms with van der Waals surface area (Å²) in [4.78, 5) is 16.7. The van der Waals surface area contributed by atoms with Crippen LogP contribution in [0.15, 0.2) is 48.1 Å². The SMILES string of the molecule is O=C(Nc1cnn(C2CCC2)c1)c1csc(-c2ccccc2)n1. The number of anilines is 1. The Morgan fingerprint density at radius 2 is 2.09 bits per heavy atom. The van der Waals surface area contributed by atoms with Crippen molar-refractivity contribution in [1.82, 2.24) is 14.8 Å². The summed E-state index contributed by atoms with van der Waals surface area (Å²) in [6, 6.07) is 10.4. The van der Waals surface area contributed by atoms with Crippen LogP contribution in [0.4, 0.5) is 5.69 Å². The van der Waals surface area contributed by atoms with E-state index in [-0.39, 0.29) is 5.91 Å². The summed E-state index contributed by atoms with van der Waals surface area (Å²) in [6.07, 6.45) is 7.18. The van der Waals surface area contributed by atoms with Crippen LogP contribution in [0.5, 0.6) is 0 Å². The van der Waals surface area contributed by atoms with Gasteiger partial charge < -0.3 is 5.32 Å². The predicted molar refractivity (Wildman–Crippen MR) is 90.6 cm³/mol. The Morgan fingerprint density at radius 1 is 1.26 bits per heavy atom. The largest absolute Gasteiger partial charge is 0.318 e. The molecule has 0 unspecified atom stereocenters. The fourth-order valence-electron chi connectivity index (χ4n) is 2.54. The second kappa shape index (κ2) is 5.96. The van der Waals surface area contributed by atoms with Crippen LogP contribution in [0.3, 0.4) is 0 Å². The van der Waals surface area contributed by atoms with Crippen molar-refractivity contribution in [2.45, 2.75) is 25.3 Å². The number of hydrogen-bond acceptors (Lipinski definition) is 4. The van der Waals surface area contributed by atoms with Crippen molar-refractivity contribution >= 4 is 22.9 Å². The molecular formula is C17H16N4OS. The first-order valence-corrected chi connectivity index (χ1v) is 8.54. The molecule has 0 saturated heterocycles. The van der Waals surface area contributed by atoms with Crippen LogP contribution in [-0.4, -0.2) is 20.7 Å². The standard InChI is InChI=1S/C17H16N4OS/c22-16(19-13-9-18-21(10-13)14-7-4-8-14)15-11-23-17(20-15)12-5-2-1-3-6-12/h1-3,5-6,9-11,14H,4,7-8H2,(H,19,22). The van der Waals surface area contributed by atoms with Crippen molar-refractivity contribution in [2.24, 2.45) is 0 Å². The first-order chi connectivity index (χ1) is 11.3. The molecule has 2 heterocycles. The van der Waals surface area contributed by atoms with Crippen LogP contribution in [0.1, 0.15) is 35.8 Å². The molecule has 1 aromatic carbocycles. The van der Waals surface area contributed by atoms with Crippen molar-refractivity contribution in [3.8, 4) is 10.6 Å². The highest BCUT2D eigenvalue weighted by molar-refractivity contribution is 7.13. The molecule has 1 fully saturated rings. The molecule has 0 radical (unpaired) electrons. The number of amides is 1. The minimum atomic E-state index is -0.198. The molecule has 23 heavy (non-hydrogen) atoms. The lowest BCUT2D eigenvalue weighted by atomic mass is 9.93. The van der Waals surface area contributed by atoms with Crippen molar-refractivity contribution in [3.05, 3.63) is 53.8 Å². The molecule has 0 spiro atoms. The Morgan fingerprint density at radius 3 is 2.83 bits per heavy atom. The summed E-state index contributed by atoms with van der Waals surface area (Å²) in [5, 5.41) is 9.82. The normalized spacial score (nSPS) is 14.4. The van der Waals surface area contributed by atoms with Crippen LogP contribution in [-0.2, 0) is 0 Å². The van der Waals surface area contributed by atoms with Crippen molar-refractivity contribution in [2.75, 3.05) is 5.32 Å². The van der Waals surface area contributed by atoms with Gasteiger partial charge >= 0.3 is 0 Å². The highest BCUT2D eigenvalue weighted by Crippen LogP contribution is 2.31.